The number of aromatic nitrogens is 1. The lowest BCUT2D eigenvalue weighted by molar-refractivity contribution is -0.207. The number of para-hydroxylation sites is 1. The van der Waals surface area contributed by atoms with Crippen LogP contribution in [0.3, 0.4) is 0 Å². The molecule has 25 heavy (non-hydrogen) atoms. The number of benzene rings is 1. The van der Waals surface area contributed by atoms with Gasteiger partial charge in [0.1, 0.15) is 5.69 Å². The van der Waals surface area contributed by atoms with Crippen LogP contribution < -0.4 is 0 Å². The third kappa shape index (κ3) is 2.71. The molecule has 1 aliphatic carbocycles. The van der Waals surface area contributed by atoms with Gasteiger partial charge in [-0.25, -0.2) is 4.98 Å². The van der Waals surface area contributed by atoms with Crippen molar-refractivity contribution in [1.29, 1.82) is 0 Å². The fourth-order valence-corrected chi connectivity index (χ4v) is 4.29. The molecule has 0 bridgehead atoms. The molecular weight excluding hydrogens is 316 g/mol. The molecule has 132 valence electrons. The quantitative estimate of drug-likeness (QED) is 0.933. The number of piperidine rings is 1. The second-order valence-corrected chi connectivity index (χ2v) is 7.11. The number of ether oxygens (including phenoxy) is 1. The minimum absolute atomic E-state index is 0.0256. The van der Waals surface area contributed by atoms with Crippen molar-refractivity contribution in [3.8, 4) is 0 Å². The first-order valence-corrected chi connectivity index (χ1v) is 9.09. The van der Waals surface area contributed by atoms with E-state index in [9.17, 15) is 9.90 Å². The van der Waals surface area contributed by atoms with Crippen molar-refractivity contribution in [3.05, 3.63) is 42.1 Å². The SMILES string of the molecule is CCO[C@H]1C[C@H](O)C12CCN(C(=O)c1ccc3ccccc3n1)CC2. The number of aliphatic hydroxyl groups excluding tert-OH is 1. The van der Waals surface area contributed by atoms with Crippen LogP contribution in [-0.2, 0) is 4.74 Å². The normalized spacial score (nSPS) is 25.1. The maximum absolute atomic E-state index is 12.8. The van der Waals surface area contributed by atoms with Crippen LogP contribution in [-0.4, -0.2) is 52.8 Å². The molecule has 2 atom stereocenters. The summed E-state index contributed by atoms with van der Waals surface area (Å²) in [7, 11) is 0. The minimum atomic E-state index is -0.305. The van der Waals surface area contributed by atoms with Gasteiger partial charge in [-0.2, -0.15) is 0 Å². The van der Waals surface area contributed by atoms with Crippen LogP contribution in [0, 0.1) is 5.41 Å². The summed E-state index contributed by atoms with van der Waals surface area (Å²) >= 11 is 0. The van der Waals surface area contributed by atoms with Crippen LogP contribution in [0.4, 0.5) is 0 Å². The van der Waals surface area contributed by atoms with Gasteiger partial charge in [0.15, 0.2) is 0 Å². The van der Waals surface area contributed by atoms with Crippen LogP contribution in [0.25, 0.3) is 10.9 Å². The van der Waals surface area contributed by atoms with Crippen molar-refractivity contribution in [1.82, 2.24) is 9.88 Å². The number of pyridine rings is 1. The Hall–Kier alpha value is -1.98. The number of rotatable bonds is 3. The van der Waals surface area contributed by atoms with E-state index in [1.165, 1.54) is 0 Å². The molecule has 0 unspecified atom stereocenters. The van der Waals surface area contributed by atoms with E-state index in [4.69, 9.17) is 4.74 Å². The molecule has 1 spiro atoms. The first-order valence-electron chi connectivity index (χ1n) is 9.09. The maximum Gasteiger partial charge on any atom is 0.272 e. The van der Waals surface area contributed by atoms with Gasteiger partial charge in [0.25, 0.3) is 5.91 Å². The summed E-state index contributed by atoms with van der Waals surface area (Å²) in [6, 6.07) is 11.6. The number of hydrogen-bond donors (Lipinski definition) is 1. The summed E-state index contributed by atoms with van der Waals surface area (Å²) < 4.78 is 5.79. The maximum atomic E-state index is 12.8. The summed E-state index contributed by atoms with van der Waals surface area (Å²) in [6.45, 7) is 3.95. The van der Waals surface area contributed by atoms with E-state index in [1.54, 1.807) is 6.07 Å². The number of carbonyl (C=O) groups is 1. The average Bonchev–Trinajstić information content (AvgIpc) is 2.67. The molecule has 1 saturated carbocycles. The predicted octanol–water partition coefficient (Wildman–Crippen LogP) is 2.63. The molecule has 2 heterocycles. The Balaban J connectivity index is 1.47. The Morgan fingerprint density at radius 1 is 1.28 bits per heavy atom. The third-order valence-corrected chi connectivity index (χ3v) is 5.91. The van der Waals surface area contributed by atoms with Crippen molar-refractivity contribution in [2.45, 2.75) is 38.4 Å². The van der Waals surface area contributed by atoms with Crippen LogP contribution in [0.15, 0.2) is 36.4 Å². The first-order chi connectivity index (χ1) is 12.1. The van der Waals surface area contributed by atoms with Crippen LogP contribution in [0.1, 0.15) is 36.7 Å². The lowest BCUT2D eigenvalue weighted by Gasteiger charge is -2.56. The molecular formula is C20H24N2O3. The van der Waals surface area contributed by atoms with E-state index >= 15 is 0 Å². The standard InChI is InChI=1S/C20H24N2O3/c1-2-25-18-13-17(23)20(18)9-11-22(12-10-20)19(24)16-8-7-14-5-3-4-6-15(14)21-16/h3-8,17-18,23H,2,9-13H2,1H3/t17-,18-/m0/s1. The molecule has 1 aliphatic heterocycles. The van der Waals surface area contributed by atoms with Gasteiger partial charge in [-0.15, -0.1) is 0 Å². The molecule has 5 nitrogen and oxygen atoms in total. The van der Waals surface area contributed by atoms with Gasteiger partial charge in [0, 0.05) is 36.9 Å². The second-order valence-electron chi connectivity index (χ2n) is 7.11. The number of carbonyl (C=O) groups excluding carboxylic acids is 1. The molecule has 2 aliphatic rings. The molecule has 2 fully saturated rings. The number of likely N-dealkylation sites (tertiary alicyclic amines) is 1. The van der Waals surface area contributed by atoms with E-state index in [1.807, 2.05) is 42.2 Å². The highest BCUT2D eigenvalue weighted by Crippen LogP contribution is 2.51. The largest absolute Gasteiger partial charge is 0.392 e. The summed E-state index contributed by atoms with van der Waals surface area (Å²) in [4.78, 5) is 19.2. The van der Waals surface area contributed by atoms with Gasteiger partial charge < -0.3 is 14.7 Å². The summed E-state index contributed by atoms with van der Waals surface area (Å²) in [5.74, 6) is -0.0256. The summed E-state index contributed by atoms with van der Waals surface area (Å²) in [5.41, 5.74) is 1.17. The second kappa shape index (κ2) is 6.39. The number of hydrogen-bond acceptors (Lipinski definition) is 4. The van der Waals surface area contributed by atoms with E-state index in [0.29, 0.717) is 31.8 Å². The Labute approximate surface area is 147 Å². The van der Waals surface area contributed by atoms with Gasteiger partial charge in [0.05, 0.1) is 17.7 Å². The Kier molecular flexibility index (Phi) is 4.21. The van der Waals surface area contributed by atoms with Crippen molar-refractivity contribution < 1.29 is 14.6 Å². The Morgan fingerprint density at radius 3 is 2.76 bits per heavy atom. The fourth-order valence-electron chi connectivity index (χ4n) is 4.29. The molecule has 5 heteroatoms. The van der Waals surface area contributed by atoms with E-state index in [0.717, 1.165) is 23.7 Å². The van der Waals surface area contributed by atoms with E-state index in [-0.39, 0.29) is 23.5 Å². The lowest BCUT2D eigenvalue weighted by atomic mass is 9.58. The highest BCUT2D eigenvalue weighted by Gasteiger charge is 2.56. The monoisotopic (exact) mass is 340 g/mol. The van der Waals surface area contributed by atoms with Gasteiger partial charge in [-0.05, 0) is 31.9 Å². The Bertz CT molecular complexity index is 781. The Morgan fingerprint density at radius 2 is 2.04 bits per heavy atom. The third-order valence-electron chi connectivity index (χ3n) is 5.91. The van der Waals surface area contributed by atoms with Gasteiger partial charge in [0.2, 0.25) is 0 Å². The van der Waals surface area contributed by atoms with Gasteiger partial charge in [-0.3, -0.25) is 4.79 Å². The van der Waals surface area contributed by atoms with Gasteiger partial charge >= 0.3 is 0 Å². The van der Waals surface area contributed by atoms with E-state index in [2.05, 4.69) is 4.98 Å². The minimum Gasteiger partial charge on any atom is -0.392 e. The first kappa shape index (κ1) is 16.5. The number of amides is 1. The van der Waals surface area contributed by atoms with Crippen LogP contribution in [0.2, 0.25) is 0 Å². The summed E-state index contributed by atoms with van der Waals surface area (Å²) in [5, 5.41) is 11.3. The fraction of sp³-hybridized carbons (Fsp3) is 0.500. The lowest BCUT2D eigenvalue weighted by Crippen LogP contribution is -2.62. The molecule has 1 amide bonds. The zero-order valence-electron chi connectivity index (χ0n) is 14.5. The molecule has 2 aromatic rings. The highest BCUT2D eigenvalue weighted by atomic mass is 16.5. The smallest absolute Gasteiger partial charge is 0.272 e. The van der Waals surface area contributed by atoms with Crippen LogP contribution >= 0.6 is 0 Å². The molecule has 0 radical (unpaired) electrons. The molecule has 4 rings (SSSR count). The zero-order valence-corrected chi connectivity index (χ0v) is 14.5. The predicted molar refractivity (Wildman–Crippen MR) is 95.4 cm³/mol. The molecule has 1 aromatic carbocycles. The summed E-state index contributed by atoms with van der Waals surface area (Å²) in [6.07, 6.45) is 2.12. The van der Waals surface area contributed by atoms with Crippen molar-refractivity contribution in [2.24, 2.45) is 5.41 Å². The number of nitrogens with zero attached hydrogens (tertiary/aromatic N) is 2. The topological polar surface area (TPSA) is 62.7 Å². The van der Waals surface area contributed by atoms with E-state index < -0.39 is 0 Å². The van der Waals surface area contributed by atoms with Crippen LogP contribution in [0.5, 0.6) is 0 Å². The van der Waals surface area contributed by atoms with Crippen molar-refractivity contribution in [3.63, 3.8) is 0 Å². The molecule has 1 saturated heterocycles. The highest BCUT2D eigenvalue weighted by molar-refractivity contribution is 5.95. The number of aliphatic hydroxyl groups is 1. The average molecular weight is 340 g/mol. The number of fused-ring (bicyclic) bond motifs is 1. The van der Waals surface area contributed by atoms with Crippen molar-refractivity contribution in [2.75, 3.05) is 19.7 Å². The molecule has 1 aromatic heterocycles. The zero-order chi connectivity index (χ0) is 17.4. The van der Waals surface area contributed by atoms with Gasteiger partial charge in [-0.1, -0.05) is 24.3 Å². The van der Waals surface area contributed by atoms with Crippen molar-refractivity contribution >= 4 is 16.8 Å². The molecule has 1 N–H and O–H groups in total.